The van der Waals surface area contributed by atoms with Crippen molar-refractivity contribution in [1.82, 2.24) is 4.98 Å². The van der Waals surface area contributed by atoms with Gasteiger partial charge in [-0.15, -0.1) is 0 Å². The molecule has 102 valence electrons. The highest BCUT2D eigenvalue weighted by atomic mass is 19.4. The monoisotopic (exact) mass is 281 g/mol. The molecule has 0 aliphatic carbocycles. The second-order valence-electron chi connectivity index (χ2n) is 4.16. The fourth-order valence-corrected chi connectivity index (χ4v) is 2.22. The number of para-hydroxylation sites is 1. The molecular formula is C13H6F3NO3. The number of aromatic nitrogens is 1. The first-order valence-corrected chi connectivity index (χ1v) is 5.53. The van der Waals surface area contributed by atoms with Crippen LogP contribution in [-0.4, -0.2) is 11.3 Å². The molecule has 0 unspecified atom stereocenters. The van der Waals surface area contributed by atoms with Crippen LogP contribution < -0.4 is 5.63 Å². The van der Waals surface area contributed by atoms with Crippen molar-refractivity contribution in [3.8, 4) is 0 Å². The van der Waals surface area contributed by atoms with E-state index in [0.29, 0.717) is 5.39 Å². The second kappa shape index (κ2) is 3.96. The molecule has 0 aliphatic rings. The van der Waals surface area contributed by atoms with Gasteiger partial charge in [0.25, 0.3) is 0 Å². The zero-order valence-electron chi connectivity index (χ0n) is 9.75. The molecule has 3 rings (SSSR count). The van der Waals surface area contributed by atoms with Crippen molar-refractivity contribution >= 4 is 28.2 Å². The summed E-state index contributed by atoms with van der Waals surface area (Å²) < 4.78 is 43.9. The van der Waals surface area contributed by atoms with Crippen LogP contribution in [0.1, 0.15) is 16.1 Å². The number of fused-ring (bicyclic) bond motifs is 3. The Bertz CT molecular complexity index is 889. The molecule has 7 heteroatoms. The standard InChI is InChI=1S/C13H6F3NO3/c14-13(15,16)10-7(5-18)17-11-6-3-1-2-4-8(6)20-12(19)9(10)11/h1-5,17H. The van der Waals surface area contributed by atoms with Crippen molar-refractivity contribution in [2.45, 2.75) is 6.18 Å². The molecule has 2 aromatic heterocycles. The van der Waals surface area contributed by atoms with Gasteiger partial charge in [-0.3, -0.25) is 4.79 Å². The molecular weight excluding hydrogens is 275 g/mol. The Morgan fingerprint density at radius 2 is 1.90 bits per heavy atom. The van der Waals surface area contributed by atoms with Gasteiger partial charge in [0.05, 0.1) is 22.2 Å². The number of nitrogens with one attached hydrogen (secondary N) is 1. The number of hydrogen-bond acceptors (Lipinski definition) is 3. The zero-order valence-corrected chi connectivity index (χ0v) is 9.75. The summed E-state index contributed by atoms with van der Waals surface area (Å²) in [6.07, 6.45) is -4.79. The predicted octanol–water partition coefficient (Wildman–Crippen LogP) is 3.11. The maximum Gasteiger partial charge on any atom is 0.419 e. The average molecular weight is 281 g/mol. The highest BCUT2D eigenvalue weighted by Crippen LogP contribution is 2.37. The third-order valence-corrected chi connectivity index (χ3v) is 2.99. The molecule has 0 atom stereocenters. The van der Waals surface area contributed by atoms with Gasteiger partial charge < -0.3 is 9.40 Å². The third-order valence-electron chi connectivity index (χ3n) is 2.99. The summed E-state index contributed by atoms with van der Waals surface area (Å²) in [5, 5.41) is -0.348. The molecule has 2 heterocycles. The summed E-state index contributed by atoms with van der Waals surface area (Å²) in [5.41, 5.74) is -3.00. The molecule has 0 spiro atoms. The van der Waals surface area contributed by atoms with Gasteiger partial charge in [-0.05, 0) is 12.1 Å². The largest absolute Gasteiger partial charge is 0.422 e. The van der Waals surface area contributed by atoms with Crippen molar-refractivity contribution in [3.63, 3.8) is 0 Å². The SMILES string of the molecule is O=Cc1[nH]c2c(c1C(F)(F)F)c(=O)oc1ccccc12. The fourth-order valence-electron chi connectivity index (χ4n) is 2.22. The summed E-state index contributed by atoms with van der Waals surface area (Å²) in [7, 11) is 0. The van der Waals surface area contributed by atoms with Crippen LogP contribution in [0.25, 0.3) is 21.9 Å². The summed E-state index contributed by atoms with van der Waals surface area (Å²) >= 11 is 0. The number of carbonyl (C=O) groups excluding carboxylic acids is 1. The van der Waals surface area contributed by atoms with E-state index in [1.54, 1.807) is 12.1 Å². The number of halogens is 3. The number of H-pyrrole nitrogens is 1. The quantitative estimate of drug-likeness (QED) is 0.550. The van der Waals surface area contributed by atoms with Crippen LogP contribution in [0.3, 0.4) is 0 Å². The lowest BCUT2D eigenvalue weighted by atomic mass is 10.1. The van der Waals surface area contributed by atoms with Gasteiger partial charge in [-0.1, -0.05) is 12.1 Å². The molecule has 0 saturated carbocycles. The molecule has 3 aromatic rings. The first-order chi connectivity index (χ1) is 9.43. The minimum atomic E-state index is -4.83. The number of carbonyl (C=O) groups is 1. The van der Waals surface area contributed by atoms with E-state index in [4.69, 9.17) is 4.42 Å². The maximum atomic E-state index is 13.0. The van der Waals surface area contributed by atoms with Crippen molar-refractivity contribution in [2.24, 2.45) is 0 Å². The number of alkyl halides is 3. The van der Waals surface area contributed by atoms with E-state index in [1.165, 1.54) is 12.1 Å². The molecule has 0 aliphatic heterocycles. The summed E-state index contributed by atoms with van der Waals surface area (Å²) in [5.74, 6) is 0. The van der Waals surface area contributed by atoms with E-state index in [0.717, 1.165) is 0 Å². The van der Waals surface area contributed by atoms with Gasteiger partial charge in [0, 0.05) is 5.39 Å². The lowest BCUT2D eigenvalue weighted by molar-refractivity contribution is -0.136. The van der Waals surface area contributed by atoms with Crippen LogP contribution in [-0.2, 0) is 6.18 Å². The Kier molecular flexibility index (Phi) is 2.47. The maximum absolute atomic E-state index is 13.0. The van der Waals surface area contributed by atoms with E-state index < -0.39 is 28.4 Å². The van der Waals surface area contributed by atoms with Gasteiger partial charge in [-0.25, -0.2) is 4.79 Å². The van der Waals surface area contributed by atoms with Crippen LogP contribution in [0.5, 0.6) is 0 Å². The van der Waals surface area contributed by atoms with Crippen LogP contribution in [0.15, 0.2) is 33.5 Å². The smallest absolute Gasteiger partial charge is 0.419 e. The zero-order chi connectivity index (χ0) is 14.5. The molecule has 4 nitrogen and oxygen atoms in total. The van der Waals surface area contributed by atoms with E-state index in [1.807, 2.05) is 0 Å². The molecule has 0 fully saturated rings. The topological polar surface area (TPSA) is 63.1 Å². The number of aromatic amines is 1. The van der Waals surface area contributed by atoms with E-state index >= 15 is 0 Å². The van der Waals surface area contributed by atoms with Crippen LogP contribution in [0, 0.1) is 0 Å². The number of hydrogen-bond donors (Lipinski definition) is 1. The van der Waals surface area contributed by atoms with Crippen LogP contribution in [0.4, 0.5) is 13.2 Å². The Morgan fingerprint density at radius 1 is 1.20 bits per heavy atom. The minimum Gasteiger partial charge on any atom is -0.422 e. The van der Waals surface area contributed by atoms with Gasteiger partial charge in [0.2, 0.25) is 0 Å². The van der Waals surface area contributed by atoms with Crippen molar-refractivity contribution in [1.29, 1.82) is 0 Å². The first kappa shape index (κ1) is 12.5. The summed E-state index contributed by atoms with van der Waals surface area (Å²) in [6.45, 7) is 0. The van der Waals surface area contributed by atoms with Crippen LogP contribution in [0.2, 0.25) is 0 Å². The van der Waals surface area contributed by atoms with Crippen molar-refractivity contribution in [3.05, 3.63) is 45.9 Å². The second-order valence-corrected chi connectivity index (χ2v) is 4.16. The molecule has 0 bridgehead atoms. The number of aldehydes is 1. The molecule has 0 amide bonds. The summed E-state index contributed by atoms with van der Waals surface area (Å²) in [4.78, 5) is 25.0. The van der Waals surface area contributed by atoms with E-state index in [2.05, 4.69) is 4.98 Å². The first-order valence-electron chi connectivity index (χ1n) is 5.53. The third kappa shape index (κ3) is 1.63. The normalized spacial score (nSPS) is 12.2. The number of rotatable bonds is 1. The van der Waals surface area contributed by atoms with Crippen molar-refractivity contribution in [2.75, 3.05) is 0 Å². The van der Waals surface area contributed by atoms with Crippen molar-refractivity contribution < 1.29 is 22.4 Å². The van der Waals surface area contributed by atoms with Gasteiger partial charge in [-0.2, -0.15) is 13.2 Å². The Balaban J connectivity index is 2.62. The van der Waals surface area contributed by atoms with E-state index in [9.17, 15) is 22.8 Å². The number of benzene rings is 1. The molecule has 1 aromatic carbocycles. The average Bonchev–Trinajstić information content (AvgIpc) is 2.79. The molecule has 1 N–H and O–H groups in total. The van der Waals surface area contributed by atoms with Gasteiger partial charge in [0.1, 0.15) is 5.58 Å². The van der Waals surface area contributed by atoms with Gasteiger partial charge in [0.15, 0.2) is 6.29 Å². The molecule has 20 heavy (non-hydrogen) atoms. The molecule has 0 saturated heterocycles. The predicted molar refractivity (Wildman–Crippen MR) is 64.7 cm³/mol. The lowest BCUT2D eigenvalue weighted by Crippen LogP contribution is -2.11. The highest BCUT2D eigenvalue weighted by molar-refractivity contribution is 6.06. The van der Waals surface area contributed by atoms with Crippen LogP contribution >= 0.6 is 0 Å². The Labute approximate surface area is 108 Å². The Hall–Kier alpha value is -2.57. The fraction of sp³-hybridized carbons (Fsp3) is 0.0769. The Morgan fingerprint density at radius 3 is 2.55 bits per heavy atom. The molecule has 0 radical (unpaired) electrons. The summed E-state index contributed by atoms with van der Waals surface area (Å²) in [6, 6.07) is 6.15. The lowest BCUT2D eigenvalue weighted by Gasteiger charge is -2.05. The van der Waals surface area contributed by atoms with Gasteiger partial charge >= 0.3 is 11.8 Å². The minimum absolute atomic E-state index is 0.0387. The highest BCUT2D eigenvalue weighted by Gasteiger charge is 2.39. The van der Waals surface area contributed by atoms with E-state index in [-0.39, 0.29) is 17.4 Å².